The third-order valence-corrected chi connectivity index (χ3v) is 4.61. The summed E-state index contributed by atoms with van der Waals surface area (Å²) >= 11 is 0. The van der Waals surface area contributed by atoms with Crippen molar-refractivity contribution < 1.29 is 56.1 Å². The summed E-state index contributed by atoms with van der Waals surface area (Å²) in [6.45, 7) is 23.4. The molecule has 0 amide bonds. The van der Waals surface area contributed by atoms with E-state index in [1.807, 2.05) is 0 Å². The molecule has 1 heterocycles. The van der Waals surface area contributed by atoms with Gasteiger partial charge in [-0.15, -0.1) is 0 Å². The maximum absolute atomic E-state index is 10.8. The molecule has 0 aliphatic carbocycles. The van der Waals surface area contributed by atoms with Crippen molar-refractivity contribution in [2.24, 2.45) is 0 Å². The van der Waals surface area contributed by atoms with Crippen LogP contribution in [0.5, 0.6) is 0 Å². The number of esters is 2. The van der Waals surface area contributed by atoms with Crippen molar-refractivity contribution >= 4 is 22.1 Å². The molecule has 14 heteroatoms. The third kappa shape index (κ3) is 30.7. The molecular formula is C28H43NO12S. The fourth-order valence-corrected chi connectivity index (χ4v) is 2.20. The van der Waals surface area contributed by atoms with Gasteiger partial charge in [0.2, 0.25) is 0 Å². The Morgan fingerprint density at radius 2 is 1.40 bits per heavy atom. The Bertz CT molecular complexity index is 1020. The zero-order chi connectivity index (χ0) is 33.0. The van der Waals surface area contributed by atoms with Gasteiger partial charge < -0.3 is 33.5 Å². The lowest BCUT2D eigenvalue weighted by molar-refractivity contribution is -0.221. The molecule has 0 radical (unpaired) electrons. The molecule has 0 atom stereocenters. The molecule has 0 unspecified atom stereocenters. The summed E-state index contributed by atoms with van der Waals surface area (Å²) in [7, 11) is -2.47. The first-order valence-electron chi connectivity index (χ1n) is 12.1. The summed E-state index contributed by atoms with van der Waals surface area (Å²) in [4.78, 5) is 24.2. The molecule has 2 N–H and O–H groups in total. The predicted octanol–water partition coefficient (Wildman–Crippen LogP) is 3.40. The number of ether oxygens (including phenoxy) is 6. The van der Waals surface area contributed by atoms with Crippen LogP contribution in [0.1, 0.15) is 20.8 Å². The highest BCUT2D eigenvalue weighted by atomic mass is 32.2. The molecule has 0 saturated carbocycles. The minimum Gasteiger partial charge on any atom is -0.502 e. The highest BCUT2D eigenvalue weighted by Crippen LogP contribution is 2.11. The number of nitrogens with zero attached hydrogens (tertiary/aromatic N) is 1. The van der Waals surface area contributed by atoms with E-state index in [0.717, 1.165) is 24.1 Å². The first kappa shape index (κ1) is 42.6. The van der Waals surface area contributed by atoms with Crippen LogP contribution in [0, 0.1) is 0 Å². The molecule has 238 valence electrons. The third-order valence-electron chi connectivity index (χ3n) is 3.78. The molecule has 0 aliphatic heterocycles. The average Bonchev–Trinajstić information content (AvgIpc) is 2.96. The summed E-state index contributed by atoms with van der Waals surface area (Å²) in [6.07, 6.45) is 6.18. The molecule has 0 saturated heterocycles. The molecule has 1 rings (SSSR count). The minimum absolute atomic E-state index is 0.0465. The molecule has 0 spiro atoms. The lowest BCUT2D eigenvalue weighted by Crippen LogP contribution is -2.31. The Hall–Kier alpha value is -3.82. The maximum atomic E-state index is 10.8. The van der Waals surface area contributed by atoms with E-state index in [1.54, 1.807) is 27.9 Å². The Kier molecular flexibility index (Phi) is 26.5. The molecule has 13 nitrogen and oxygen atoms in total. The van der Waals surface area contributed by atoms with Crippen LogP contribution >= 0.6 is 0 Å². The van der Waals surface area contributed by atoms with Gasteiger partial charge in [0.15, 0.2) is 5.79 Å². The lowest BCUT2D eigenvalue weighted by atomic mass is 10.4. The number of pyridine rings is 1. The molecule has 0 fully saturated rings. The summed E-state index contributed by atoms with van der Waals surface area (Å²) in [5.74, 6) is -0.499. The van der Waals surface area contributed by atoms with Crippen molar-refractivity contribution in [3.05, 3.63) is 87.2 Å². The van der Waals surface area contributed by atoms with Gasteiger partial charge in [0.05, 0.1) is 32.7 Å². The number of rotatable bonds is 16. The van der Waals surface area contributed by atoms with Crippen LogP contribution in [0.3, 0.4) is 0 Å². The maximum Gasteiger partial charge on any atom is 0.330 e. The van der Waals surface area contributed by atoms with Gasteiger partial charge in [-0.25, -0.2) is 9.59 Å². The Morgan fingerprint density at radius 3 is 1.74 bits per heavy atom. The fourth-order valence-electron chi connectivity index (χ4n) is 1.75. The Labute approximate surface area is 248 Å². The molecule has 0 aromatic carbocycles. The van der Waals surface area contributed by atoms with Gasteiger partial charge in [-0.05, 0) is 39.0 Å². The van der Waals surface area contributed by atoms with Gasteiger partial charge in [-0.1, -0.05) is 32.9 Å². The second-order valence-electron chi connectivity index (χ2n) is 7.65. The van der Waals surface area contributed by atoms with E-state index < -0.39 is 27.8 Å². The average molecular weight is 618 g/mol. The normalized spacial score (nSPS) is 9.86. The topological polar surface area (TPSA) is 177 Å². The Balaban J connectivity index is -0.000000550. The number of carbonyl (C=O) groups excluding carboxylic acids is 2. The second kappa shape index (κ2) is 26.1. The van der Waals surface area contributed by atoms with Crippen LogP contribution in [-0.4, -0.2) is 87.5 Å². The highest BCUT2D eigenvalue weighted by molar-refractivity contribution is 7.85. The lowest BCUT2D eigenvalue weighted by Gasteiger charge is -2.25. The standard InChI is InChI=1S/C14H22O5.C5H5NO3S.C5H8O3.C4H8O/c1-6-12(3)16-8-10-18-14(4,5)19-11-9-17-13(15)7-2;7-10(8,9)5-2-1-3-6-4-5;1-2-5(7)8-4-3-6;1-4(2)5-3/h6-7H,1-3,8-11H2,4-5H3;1-4H,(H,7,8,9);2,6H,1,3-4H2;1H2,2-3H3. The van der Waals surface area contributed by atoms with E-state index >= 15 is 0 Å². The van der Waals surface area contributed by atoms with Crippen molar-refractivity contribution in [3.8, 4) is 0 Å². The van der Waals surface area contributed by atoms with E-state index in [-0.39, 0.29) is 31.3 Å². The number of carbonyl (C=O) groups is 2. The van der Waals surface area contributed by atoms with Crippen LogP contribution in [0.25, 0.3) is 0 Å². The van der Waals surface area contributed by atoms with Crippen LogP contribution in [-0.2, 0) is 48.1 Å². The molecule has 0 aliphatic rings. The summed E-state index contributed by atoms with van der Waals surface area (Å²) in [5.41, 5.74) is 0. The number of hydrogen-bond acceptors (Lipinski definition) is 12. The number of aromatic nitrogens is 1. The van der Waals surface area contributed by atoms with Crippen molar-refractivity contribution in [3.63, 3.8) is 0 Å². The van der Waals surface area contributed by atoms with Crippen LogP contribution in [0.4, 0.5) is 0 Å². The zero-order valence-corrected chi connectivity index (χ0v) is 25.5. The minimum atomic E-state index is -4.07. The van der Waals surface area contributed by atoms with Gasteiger partial charge in [-0.3, -0.25) is 9.54 Å². The van der Waals surface area contributed by atoms with Crippen LogP contribution < -0.4 is 0 Å². The highest BCUT2D eigenvalue weighted by Gasteiger charge is 2.18. The first-order chi connectivity index (χ1) is 19.6. The van der Waals surface area contributed by atoms with E-state index in [1.165, 1.54) is 24.4 Å². The quantitative estimate of drug-likeness (QED) is 0.0525. The smallest absolute Gasteiger partial charge is 0.330 e. The van der Waals surface area contributed by atoms with E-state index in [9.17, 15) is 18.0 Å². The number of aliphatic hydroxyl groups excluding tert-OH is 1. The van der Waals surface area contributed by atoms with E-state index in [4.69, 9.17) is 28.6 Å². The molecular weight excluding hydrogens is 574 g/mol. The van der Waals surface area contributed by atoms with Crippen LogP contribution in [0.2, 0.25) is 0 Å². The first-order valence-corrected chi connectivity index (χ1v) is 13.5. The monoisotopic (exact) mass is 617 g/mol. The second-order valence-corrected chi connectivity index (χ2v) is 9.07. The SMILES string of the molecule is C=C(C)OC.C=CC(=C)OCCOC(C)(C)OCCOC(=O)C=C.C=CC(=O)OCCO.O=S(=O)(O)c1cccnc1. The predicted molar refractivity (Wildman–Crippen MR) is 157 cm³/mol. The molecule has 1 aromatic rings. The van der Waals surface area contributed by atoms with Crippen molar-refractivity contribution in [1.29, 1.82) is 0 Å². The Morgan fingerprint density at radius 1 is 0.929 bits per heavy atom. The van der Waals surface area contributed by atoms with Gasteiger partial charge in [-0.2, -0.15) is 8.42 Å². The summed E-state index contributed by atoms with van der Waals surface area (Å²) in [5, 5.41) is 8.10. The molecule has 42 heavy (non-hydrogen) atoms. The molecule has 0 bridgehead atoms. The van der Waals surface area contributed by atoms with Crippen molar-refractivity contribution in [2.75, 3.05) is 46.8 Å². The number of methoxy groups -OCH3 is 1. The number of aliphatic hydroxyl groups is 1. The van der Waals surface area contributed by atoms with Gasteiger partial charge >= 0.3 is 11.9 Å². The van der Waals surface area contributed by atoms with Gasteiger partial charge in [0.1, 0.15) is 30.5 Å². The summed E-state index contributed by atoms with van der Waals surface area (Å²) in [6, 6.07) is 2.70. The van der Waals surface area contributed by atoms with Gasteiger partial charge in [0, 0.05) is 24.5 Å². The van der Waals surface area contributed by atoms with Crippen molar-refractivity contribution in [1.82, 2.24) is 4.98 Å². The molecule has 1 aromatic heterocycles. The van der Waals surface area contributed by atoms with E-state index in [0.29, 0.717) is 19.0 Å². The van der Waals surface area contributed by atoms with E-state index in [2.05, 4.69) is 47.4 Å². The number of allylic oxidation sites excluding steroid dienone is 2. The van der Waals surface area contributed by atoms with Crippen molar-refractivity contribution in [2.45, 2.75) is 31.5 Å². The number of hydrogen-bond donors (Lipinski definition) is 2. The van der Waals surface area contributed by atoms with Gasteiger partial charge in [0.25, 0.3) is 10.1 Å². The zero-order valence-electron chi connectivity index (χ0n) is 24.7. The fraction of sp³-hybridized carbons (Fsp3) is 0.393. The van der Waals surface area contributed by atoms with Crippen LogP contribution in [0.15, 0.2) is 92.1 Å². The largest absolute Gasteiger partial charge is 0.502 e. The summed E-state index contributed by atoms with van der Waals surface area (Å²) < 4.78 is 58.9.